The minimum Gasteiger partial charge on any atom is -0.381 e. The Morgan fingerprint density at radius 2 is 1.95 bits per heavy atom. The summed E-state index contributed by atoms with van der Waals surface area (Å²) in [7, 11) is 0. The monoisotopic (exact) mass is 524 g/mol. The Kier molecular flexibility index (Phi) is 6.89. The van der Waals surface area contributed by atoms with E-state index in [2.05, 4.69) is 26.3 Å². The van der Waals surface area contributed by atoms with E-state index in [1.807, 2.05) is 42.5 Å². The first-order valence-electron chi connectivity index (χ1n) is 13.2. The van der Waals surface area contributed by atoms with Gasteiger partial charge in [-0.1, -0.05) is 12.1 Å². The van der Waals surface area contributed by atoms with Crippen LogP contribution in [0.4, 0.5) is 21.6 Å². The third-order valence-corrected chi connectivity index (χ3v) is 6.92. The molecule has 0 radical (unpaired) electrons. The van der Waals surface area contributed by atoms with Gasteiger partial charge in [-0.2, -0.15) is 0 Å². The van der Waals surface area contributed by atoms with Gasteiger partial charge in [0.15, 0.2) is 0 Å². The zero-order valence-corrected chi connectivity index (χ0v) is 21.7. The predicted octanol–water partition coefficient (Wildman–Crippen LogP) is 5.81. The average Bonchev–Trinajstić information content (AvgIpc) is 2.94. The van der Waals surface area contributed by atoms with Gasteiger partial charge in [-0.25, -0.2) is 14.4 Å². The van der Waals surface area contributed by atoms with E-state index in [0.29, 0.717) is 31.9 Å². The van der Waals surface area contributed by atoms with Gasteiger partial charge in [-0.05, 0) is 67.8 Å². The molecule has 0 unspecified atom stereocenters. The van der Waals surface area contributed by atoms with Crippen molar-refractivity contribution in [2.24, 2.45) is 4.99 Å². The van der Waals surface area contributed by atoms with Gasteiger partial charge in [0.05, 0.1) is 51.4 Å². The second kappa shape index (κ2) is 10.8. The van der Waals surface area contributed by atoms with Gasteiger partial charge in [0.25, 0.3) is 0 Å². The van der Waals surface area contributed by atoms with Crippen LogP contribution < -0.4 is 16.0 Å². The SMILES string of the molecule is CC(=O)Nc1ccc(Nc2cc3nc4ccccc4n(C4=CC=C(F)CC4)c-3c/c2=N\C2CCOCC2)cn1. The Bertz CT molecular complexity index is 1630. The van der Waals surface area contributed by atoms with Crippen molar-refractivity contribution in [3.05, 3.63) is 78.1 Å². The number of rotatable bonds is 5. The number of benzene rings is 2. The number of halogens is 1. The molecule has 1 saturated heterocycles. The van der Waals surface area contributed by atoms with Gasteiger partial charge in [0.1, 0.15) is 11.6 Å². The van der Waals surface area contributed by atoms with Gasteiger partial charge < -0.3 is 19.9 Å². The normalized spacial score (nSPS) is 16.7. The highest BCUT2D eigenvalue weighted by Crippen LogP contribution is 2.33. The van der Waals surface area contributed by atoms with E-state index < -0.39 is 0 Å². The van der Waals surface area contributed by atoms with Crippen LogP contribution in [0.2, 0.25) is 0 Å². The maximum atomic E-state index is 13.9. The first-order valence-corrected chi connectivity index (χ1v) is 13.2. The molecule has 2 aromatic rings. The van der Waals surface area contributed by atoms with E-state index in [1.165, 1.54) is 6.92 Å². The molecule has 2 aliphatic heterocycles. The maximum Gasteiger partial charge on any atom is 0.222 e. The van der Waals surface area contributed by atoms with E-state index in [9.17, 15) is 9.18 Å². The standard InChI is InChI=1S/C30H29FN6O2/c1-19(38)33-30-11-8-22(18-32-30)35-25-16-27-29(17-26(25)34-21-12-14-39-15-13-21)37(23-9-6-20(31)7-10-23)28-5-3-2-4-24(28)36-27/h2-6,8-9,11,16-18,21,35H,7,10,12-15H2,1H3,(H,32,33,38)/b34-26+. The number of hydrogen-bond acceptors (Lipinski definition) is 6. The third kappa shape index (κ3) is 5.44. The molecule has 2 aliphatic carbocycles. The highest BCUT2D eigenvalue weighted by atomic mass is 19.1. The number of carbonyl (C=O) groups excluding carboxylic acids is 1. The van der Waals surface area contributed by atoms with Crippen LogP contribution in [-0.4, -0.2) is 39.7 Å². The van der Waals surface area contributed by atoms with E-state index >= 15 is 0 Å². The molecule has 9 heteroatoms. The van der Waals surface area contributed by atoms with Crippen LogP contribution in [-0.2, 0) is 9.53 Å². The summed E-state index contributed by atoms with van der Waals surface area (Å²) in [6.45, 7) is 2.83. The van der Waals surface area contributed by atoms with Crippen molar-refractivity contribution in [2.45, 2.75) is 38.6 Å². The second-order valence-electron chi connectivity index (χ2n) is 9.78. The number of pyridine rings is 1. The van der Waals surface area contributed by atoms with Crippen molar-refractivity contribution in [3.63, 3.8) is 0 Å². The van der Waals surface area contributed by atoms with Crippen molar-refractivity contribution >= 4 is 39.8 Å². The Balaban J connectivity index is 1.52. The van der Waals surface area contributed by atoms with Crippen molar-refractivity contribution in [2.75, 3.05) is 23.8 Å². The molecule has 8 nitrogen and oxygen atoms in total. The lowest BCUT2D eigenvalue weighted by Crippen LogP contribution is -2.23. The zero-order chi connectivity index (χ0) is 26.8. The number of hydrogen-bond donors (Lipinski definition) is 2. The summed E-state index contributed by atoms with van der Waals surface area (Å²) in [5.74, 6) is 0.203. The molecular weight excluding hydrogens is 495 g/mol. The Hall–Kier alpha value is -4.37. The summed E-state index contributed by atoms with van der Waals surface area (Å²) in [5, 5.41) is 6.96. The number of ether oxygens (including phenoxy) is 1. The molecule has 0 atom stereocenters. The van der Waals surface area contributed by atoms with Crippen LogP contribution >= 0.6 is 0 Å². The molecule has 4 aliphatic rings. The molecule has 39 heavy (non-hydrogen) atoms. The molecule has 198 valence electrons. The molecule has 0 bridgehead atoms. The molecule has 1 aromatic heterocycles. The van der Waals surface area contributed by atoms with Crippen LogP contribution in [0.3, 0.4) is 0 Å². The fraction of sp³-hybridized carbons (Fsp3) is 0.267. The second-order valence-corrected chi connectivity index (χ2v) is 9.78. The van der Waals surface area contributed by atoms with Crippen molar-refractivity contribution in [1.29, 1.82) is 0 Å². The molecule has 1 fully saturated rings. The number of nitrogens with one attached hydrogen (secondary N) is 2. The summed E-state index contributed by atoms with van der Waals surface area (Å²) >= 11 is 0. The summed E-state index contributed by atoms with van der Waals surface area (Å²) in [5.41, 5.74) is 6.09. The lowest BCUT2D eigenvalue weighted by Gasteiger charge is -2.24. The lowest BCUT2D eigenvalue weighted by atomic mass is 10.1. The maximum absolute atomic E-state index is 13.9. The summed E-state index contributed by atoms with van der Waals surface area (Å²) in [6.07, 6.45) is 7.76. The Morgan fingerprint density at radius 3 is 2.69 bits per heavy atom. The van der Waals surface area contributed by atoms with Gasteiger partial charge in [0.2, 0.25) is 5.91 Å². The van der Waals surface area contributed by atoms with Crippen molar-refractivity contribution in [1.82, 2.24) is 14.5 Å². The van der Waals surface area contributed by atoms with Crippen LogP contribution in [0.1, 0.15) is 32.6 Å². The van der Waals surface area contributed by atoms with Gasteiger partial charge >= 0.3 is 0 Å². The molecule has 1 amide bonds. The van der Waals surface area contributed by atoms with Crippen LogP contribution in [0, 0.1) is 0 Å². The Morgan fingerprint density at radius 1 is 1.10 bits per heavy atom. The number of allylic oxidation sites excluding steroid dienone is 4. The molecule has 1 aromatic carbocycles. The number of carbonyl (C=O) groups is 1. The van der Waals surface area contributed by atoms with Crippen LogP contribution in [0.5, 0.6) is 0 Å². The molecule has 6 rings (SSSR count). The quantitative estimate of drug-likeness (QED) is 0.322. The topological polar surface area (TPSA) is 93.4 Å². The molecule has 0 saturated carbocycles. The Labute approximate surface area is 225 Å². The average molecular weight is 525 g/mol. The third-order valence-electron chi connectivity index (χ3n) is 6.92. The van der Waals surface area contributed by atoms with Crippen LogP contribution in [0.15, 0.2) is 77.7 Å². The fourth-order valence-corrected chi connectivity index (χ4v) is 5.03. The number of nitrogens with zero attached hydrogens (tertiary/aromatic N) is 4. The van der Waals surface area contributed by atoms with Crippen LogP contribution in [0.25, 0.3) is 28.1 Å². The van der Waals surface area contributed by atoms with E-state index in [1.54, 1.807) is 18.3 Å². The van der Waals surface area contributed by atoms with Gasteiger partial charge in [-0.15, -0.1) is 0 Å². The molecule has 2 N–H and O–H groups in total. The van der Waals surface area contributed by atoms with Gasteiger partial charge in [0, 0.05) is 32.3 Å². The highest BCUT2D eigenvalue weighted by Gasteiger charge is 2.20. The number of aromatic nitrogens is 3. The number of amides is 1. The minimum absolute atomic E-state index is 0.109. The van der Waals surface area contributed by atoms with Crippen molar-refractivity contribution < 1.29 is 13.9 Å². The summed E-state index contributed by atoms with van der Waals surface area (Å²) < 4.78 is 21.6. The van der Waals surface area contributed by atoms with E-state index in [-0.39, 0.29) is 17.8 Å². The molecule has 3 heterocycles. The number of anilines is 3. The summed E-state index contributed by atoms with van der Waals surface area (Å²) in [6, 6.07) is 15.8. The zero-order valence-electron chi connectivity index (χ0n) is 21.7. The van der Waals surface area contributed by atoms with Crippen molar-refractivity contribution in [3.8, 4) is 11.4 Å². The highest BCUT2D eigenvalue weighted by molar-refractivity contribution is 5.88. The fourth-order valence-electron chi connectivity index (χ4n) is 5.03. The minimum atomic E-state index is -0.173. The largest absolute Gasteiger partial charge is 0.381 e. The van der Waals surface area contributed by atoms with E-state index in [0.717, 1.165) is 57.7 Å². The lowest BCUT2D eigenvalue weighted by molar-refractivity contribution is -0.114. The first-order chi connectivity index (χ1) is 19.0. The predicted molar refractivity (Wildman–Crippen MR) is 150 cm³/mol. The first kappa shape index (κ1) is 24.9. The molecule has 0 spiro atoms. The number of para-hydroxylation sites is 2. The smallest absolute Gasteiger partial charge is 0.222 e. The van der Waals surface area contributed by atoms with Gasteiger partial charge in [-0.3, -0.25) is 9.79 Å². The molecular formula is C30H29FN6O2. The number of fused-ring (bicyclic) bond motifs is 2. The summed E-state index contributed by atoms with van der Waals surface area (Å²) in [4.78, 5) is 25.8. The van der Waals surface area contributed by atoms with E-state index in [4.69, 9.17) is 14.7 Å².